The third-order valence-corrected chi connectivity index (χ3v) is 4.04. The number of methoxy groups -OCH3 is 1. The summed E-state index contributed by atoms with van der Waals surface area (Å²) in [6, 6.07) is 15.6. The lowest BCUT2D eigenvalue weighted by Gasteiger charge is -2.08. The number of pyridine rings is 1. The van der Waals surface area contributed by atoms with Crippen LogP contribution >= 0.6 is 0 Å². The molecule has 4 nitrogen and oxygen atoms in total. The van der Waals surface area contributed by atoms with E-state index in [1.165, 1.54) is 18.3 Å². The van der Waals surface area contributed by atoms with Crippen LogP contribution in [0.15, 0.2) is 67.0 Å². The lowest BCUT2D eigenvalue weighted by molar-refractivity contribution is 0.0954. The minimum atomic E-state index is -0.297. The molecule has 0 aliphatic heterocycles. The molecule has 1 aromatic heterocycles. The lowest BCUT2D eigenvalue weighted by atomic mass is 10.1. The molecular formula is C21H19FN2O2. The molecule has 5 heteroatoms. The number of aromatic nitrogens is 1. The van der Waals surface area contributed by atoms with E-state index in [0.717, 1.165) is 28.9 Å². The zero-order chi connectivity index (χ0) is 18.4. The number of amides is 1. The maximum absolute atomic E-state index is 13.0. The Morgan fingerprint density at radius 3 is 2.46 bits per heavy atom. The highest BCUT2D eigenvalue weighted by atomic mass is 19.1. The number of nitrogens with zero attached hydrogens (tertiary/aromatic N) is 1. The Morgan fingerprint density at radius 1 is 1.04 bits per heavy atom. The first-order chi connectivity index (χ1) is 12.7. The summed E-state index contributed by atoms with van der Waals surface area (Å²) in [5.74, 6) is 0.325. The van der Waals surface area contributed by atoms with Crippen LogP contribution in [0.25, 0.3) is 11.1 Å². The van der Waals surface area contributed by atoms with Crippen molar-refractivity contribution in [2.24, 2.45) is 0 Å². The Hall–Kier alpha value is -3.21. The van der Waals surface area contributed by atoms with Crippen LogP contribution in [0.3, 0.4) is 0 Å². The van der Waals surface area contributed by atoms with Crippen molar-refractivity contribution in [3.63, 3.8) is 0 Å². The van der Waals surface area contributed by atoms with Gasteiger partial charge in [0.1, 0.15) is 11.6 Å². The minimum Gasteiger partial charge on any atom is -0.497 e. The molecule has 1 N–H and O–H groups in total. The number of carbonyl (C=O) groups excluding carboxylic acids is 1. The molecule has 0 radical (unpaired) electrons. The summed E-state index contributed by atoms with van der Waals surface area (Å²) in [7, 11) is 1.63. The van der Waals surface area contributed by atoms with Crippen LogP contribution in [0, 0.1) is 5.82 Å². The van der Waals surface area contributed by atoms with Crippen molar-refractivity contribution in [3.05, 3.63) is 83.9 Å². The largest absolute Gasteiger partial charge is 0.497 e. The molecule has 26 heavy (non-hydrogen) atoms. The number of rotatable bonds is 6. The summed E-state index contributed by atoms with van der Waals surface area (Å²) >= 11 is 0. The summed E-state index contributed by atoms with van der Waals surface area (Å²) in [6.45, 7) is 0.520. The smallest absolute Gasteiger partial charge is 0.252 e. The van der Waals surface area contributed by atoms with Gasteiger partial charge >= 0.3 is 0 Å². The fraction of sp³-hybridized carbons (Fsp3) is 0.143. The Labute approximate surface area is 151 Å². The molecule has 132 valence electrons. The second kappa shape index (κ2) is 8.25. The molecule has 0 bridgehead atoms. The van der Waals surface area contributed by atoms with Gasteiger partial charge in [-0.05, 0) is 47.9 Å². The molecule has 0 fully saturated rings. The van der Waals surface area contributed by atoms with E-state index in [1.807, 2.05) is 24.3 Å². The monoisotopic (exact) mass is 350 g/mol. The average molecular weight is 350 g/mol. The topological polar surface area (TPSA) is 51.2 Å². The standard InChI is InChI=1S/C21H19FN2O2/c1-26-20-8-2-15(3-9-20)10-11-24-21(25)18-12-17(13-23-14-18)16-4-6-19(22)7-5-16/h2-9,12-14H,10-11H2,1H3,(H,24,25). The van der Waals surface area contributed by atoms with E-state index in [4.69, 9.17) is 4.74 Å². The summed E-state index contributed by atoms with van der Waals surface area (Å²) in [6.07, 6.45) is 3.90. The fourth-order valence-corrected chi connectivity index (χ4v) is 2.58. The van der Waals surface area contributed by atoms with Crippen LogP contribution in [0.2, 0.25) is 0 Å². The molecule has 1 amide bonds. The van der Waals surface area contributed by atoms with Gasteiger partial charge in [-0.3, -0.25) is 9.78 Å². The van der Waals surface area contributed by atoms with Crippen LogP contribution < -0.4 is 10.1 Å². The lowest BCUT2D eigenvalue weighted by Crippen LogP contribution is -2.25. The van der Waals surface area contributed by atoms with E-state index < -0.39 is 0 Å². The van der Waals surface area contributed by atoms with E-state index >= 15 is 0 Å². The van der Waals surface area contributed by atoms with Gasteiger partial charge in [-0.2, -0.15) is 0 Å². The van der Waals surface area contributed by atoms with Gasteiger partial charge in [0.2, 0.25) is 0 Å². The van der Waals surface area contributed by atoms with Gasteiger partial charge in [0.05, 0.1) is 12.7 Å². The number of carbonyl (C=O) groups is 1. The quantitative estimate of drug-likeness (QED) is 0.734. The van der Waals surface area contributed by atoms with E-state index in [9.17, 15) is 9.18 Å². The number of hydrogen-bond donors (Lipinski definition) is 1. The van der Waals surface area contributed by atoms with Crippen LogP contribution in [0.1, 0.15) is 15.9 Å². The highest BCUT2D eigenvalue weighted by molar-refractivity contribution is 5.95. The molecule has 3 aromatic rings. The third kappa shape index (κ3) is 4.45. The van der Waals surface area contributed by atoms with Gasteiger partial charge in [-0.15, -0.1) is 0 Å². The number of nitrogens with one attached hydrogen (secondary N) is 1. The first-order valence-corrected chi connectivity index (χ1v) is 8.28. The molecule has 0 spiro atoms. The van der Waals surface area contributed by atoms with E-state index in [0.29, 0.717) is 12.1 Å². The van der Waals surface area contributed by atoms with E-state index in [2.05, 4.69) is 10.3 Å². The number of benzene rings is 2. The summed E-state index contributed by atoms with van der Waals surface area (Å²) in [5.41, 5.74) is 3.17. The highest BCUT2D eigenvalue weighted by Crippen LogP contribution is 2.19. The predicted molar refractivity (Wildman–Crippen MR) is 98.7 cm³/mol. The average Bonchev–Trinajstić information content (AvgIpc) is 2.69. The van der Waals surface area contributed by atoms with Gasteiger partial charge in [0.25, 0.3) is 5.91 Å². The maximum atomic E-state index is 13.0. The van der Waals surface area contributed by atoms with Crippen molar-refractivity contribution in [3.8, 4) is 16.9 Å². The highest BCUT2D eigenvalue weighted by Gasteiger charge is 2.08. The Balaban J connectivity index is 1.60. The Kier molecular flexibility index (Phi) is 5.59. The molecule has 0 unspecified atom stereocenters. The number of halogens is 1. The Bertz CT molecular complexity index is 877. The maximum Gasteiger partial charge on any atom is 0.252 e. The van der Waals surface area contributed by atoms with Gasteiger partial charge in [0, 0.05) is 24.5 Å². The van der Waals surface area contributed by atoms with Gasteiger partial charge in [-0.1, -0.05) is 24.3 Å². The van der Waals surface area contributed by atoms with Crippen molar-refractivity contribution >= 4 is 5.91 Å². The molecule has 1 heterocycles. The fourth-order valence-electron chi connectivity index (χ4n) is 2.58. The van der Waals surface area contributed by atoms with Crippen molar-refractivity contribution in [1.29, 1.82) is 0 Å². The minimum absolute atomic E-state index is 0.185. The number of ether oxygens (including phenoxy) is 1. The van der Waals surface area contributed by atoms with E-state index in [1.54, 1.807) is 31.5 Å². The molecule has 2 aromatic carbocycles. The van der Waals surface area contributed by atoms with Crippen molar-refractivity contribution in [1.82, 2.24) is 10.3 Å². The molecule has 3 rings (SSSR count). The molecular weight excluding hydrogens is 331 g/mol. The molecule has 0 saturated carbocycles. The third-order valence-electron chi connectivity index (χ3n) is 4.04. The van der Waals surface area contributed by atoms with Crippen LogP contribution in [0.5, 0.6) is 5.75 Å². The number of hydrogen-bond acceptors (Lipinski definition) is 3. The molecule has 0 aliphatic rings. The van der Waals surface area contributed by atoms with Crippen molar-refractivity contribution in [2.45, 2.75) is 6.42 Å². The van der Waals surface area contributed by atoms with Crippen LogP contribution in [-0.4, -0.2) is 24.5 Å². The Morgan fingerprint density at radius 2 is 1.77 bits per heavy atom. The predicted octanol–water partition coefficient (Wildman–Crippen LogP) is 3.87. The zero-order valence-corrected chi connectivity index (χ0v) is 14.4. The second-order valence-electron chi connectivity index (χ2n) is 5.82. The van der Waals surface area contributed by atoms with Gasteiger partial charge in [-0.25, -0.2) is 4.39 Å². The second-order valence-corrected chi connectivity index (χ2v) is 5.82. The van der Waals surface area contributed by atoms with Gasteiger partial charge in [0.15, 0.2) is 0 Å². The summed E-state index contributed by atoms with van der Waals surface area (Å²) < 4.78 is 18.2. The van der Waals surface area contributed by atoms with Crippen LogP contribution in [-0.2, 0) is 6.42 Å². The molecule has 0 saturated heterocycles. The zero-order valence-electron chi connectivity index (χ0n) is 14.4. The first kappa shape index (κ1) is 17.6. The SMILES string of the molecule is COc1ccc(CCNC(=O)c2cncc(-c3ccc(F)cc3)c2)cc1. The summed E-state index contributed by atoms with van der Waals surface area (Å²) in [5, 5.41) is 2.89. The van der Waals surface area contributed by atoms with Crippen molar-refractivity contribution < 1.29 is 13.9 Å². The van der Waals surface area contributed by atoms with E-state index in [-0.39, 0.29) is 11.7 Å². The first-order valence-electron chi connectivity index (χ1n) is 8.28. The van der Waals surface area contributed by atoms with Crippen LogP contribution in [0.4, 0.5) is 4.39 Å². The van der Waals surface area contributed by atoms with Crippen molar-refractivity contribution in [2.75, 3.05) is 13.7 Å². The van der Waals surface area contributed by atoms with Gasteiger partial charge < -0.3 is 10.1 Å². The molecule has 0 atom stereocenters. The molecule has 0 aliphatic carbocycles. The normalized spacial score (nSPS) is 10.4. The summed E-state index contributed by atoms with van der Waals surface area (Å²) in [4.78, 5) is 16.5.